The van der Waals surface area contributed by atoms with Crippen molar-refractivity contribution in [2.45, 2.75) is 52.4 Å². The highest BCUT2D eigenvalue weighted by Crippen LogP contribution is 2.32. The molecule has 1 aromatic heterocycles. The fourth-order valence-electron chi connectivity index (χ4n) is 3.57. The van der Waals surface area contributed by atoms with Crippen molar-refractivity contribution in [2.75, 3.05) is 5.75 Å². The molecule has 0 aliphatic rings. The lowest BCUT2D eigenvalue weighted by molar-refractivity contribution is 0.601. The van der Waals surface area contributed by atoms with E-state index in [9.17, 15) is 8.42 Å². The summed E-state index contributed by atoms with van der Waals surface area (Å²) in [5.74, 6) is 0.201. The molecule has 28 heavy (non-hydrogen) atoms. The Morgan fingerprint density at radius 2 is 1.50 bits per heavy atom. The van der Waals surface area contributed by atoms with Gasteiger partial charge in [0.25, 0.3) is 0 Å². The Kier molecular flexibility index (Phi) is 6.84. The summed E-state index contributed by atoms with van der Waals surface area (Å²) >= 11 is 0. The second kappa shape index (κ2) is 9.33. The van der Waals surface area contributed by atoms with E-state index < -0.39 is 9.84 Å². The Bertz CT molecular complexity index is 1080. The largest absolute Gasteiger partial charge is 0.247 e. The first-order chi connectivity index (χ1) is 13.6. The number of unbranched alkanes of at least 4 members (excludes halogenated alkanes) is 3. The van der Waals surface area contributed by atoms with E-state index >= 15 is 0 Å². The highest BCUT2D eigenvalue weighted by Gasteiger charge is 2.16. The number of hydrogen-bond donors (Lipinski definition) is 0. The number of pyridine rings is 1. The summed E-state index contributed by atoms with van der Waals surface area (Å²) in [6.07, 6.45) is 5.44. The fourth-order valence-corrected chi connectivity index (χ4v) is 5.04. The molecule has 0 saturated carbocycles. The first-order valence-corrected chi connectivity index (χ1v) is 12.0. The molecule has 0 bridgehead atoms. The van der Waals surface area contributed by atoms with Gasteiger partial charge in [0.1, 0.15) is 0 Å². The molecular formula is C24H29NO2S. The number of allylic oxidation sites excluding steroid dienone is 1. The highest BCUT2D eigenvalue weighted by molar-refractivity contribution is 7.94. The molecule has 3 nitrogen and oxygen atoms in total. The van der Waals surface area contributed by atoms with E-state index in [4.69, 9.17) is 4.98 Å². The molecule has 0 aliphatic heterocycles. The SMILES string of the molecule is CCCCC/C(=C\S(=O)(=O)CCCC)c1nc2ccccc2c2ccccc12. The topological polar surface area (TPSA) is 47.0 Å². The maximum absolute atomic E-state index is 12.7. The number of fused-ring (bicyclic) bond motifs is 3. The van der Waals surface area contributed by atoms with Crippen LogP contribution in [-0.4, -0.2) is 19.2 Å². The highest BCUT2D eigenvalue weighted by atomic mass is 32.2. The lowest BCUT2D eigenvalue weighted by Crippen LogP contribution is -2.04. The number of benzene rings is 2. The van der Waals surface area contributed by atoms with E-state index in [1.807, 2.05) is 37.3 Å². The van der Waals surface area contributed by atoms with Crippen molar-refractivity contribution in [3.05, 3.63) is 59.6 Å². The third-order valence-corrected chi connectivity index (χ3v) is 6.57. The fraction of sp³-hybridized carbons (Fsp3) is 0.375. The average Bonchev–Trinajstić information content (AvgIpc) is 2.71. The number of aromatic nitrogens is 1. The minimum absolute atomic E-state index is 0.201. The van der Waals surface area contributed by atoms with E-state index in [1.165, 1.54) is 5.41 Å². The van der Waals surface area contributed by atoms with Gasteiger partial charge in [-0.25, -0.2) is 13.4 Å². The maximum Gasteiger partial charge on any atom is 0.171 e. The van der Waals surface area contributed by atoms with Crippen LogP contribution in [0.25, 0.3) is 27.2 Å². The van der Waals surface area contributed by atoms with E-state index in [-0.39, 0.29) is 5.75 Å². The molecule has 0 N–H and O–H groups in total. The summed E-state index contributed by atoms with van der Waals surface area (Å²) in [7, 11) is -3.25. The molecule has 3 rings (SSSR count). The van der Waals surface area contributed by atoms with Crippen LogP contribution in [-0.2, 0) is 9.84 Å². The maximum atomic E-state index is 12.7. The predicted octanol–water partition coefficient (Wildman–Crippen LogP) is 6.52. The van der Waals surface area contributed by atoms with Gasteiger partial charge in [-0.05, 0) is 36.3 Å². The molecular weight excluding hydrogens is 366 g/mol. The minimum Gasteiger partial charge on any atom is -0.247 e. The van der Waals surface area contributed by atoms with Crippen molar-refractivity contribution in [3.63, 3.8) is 0 Å². The predicted molar refractivity (Wildman–Crippen MR) is 120 cm³/mol. The monoisotopic (exact) mass is 395 g/mol. The molecule has 0 aliphatic carbocycles. The Morgan fingerprint density at radius 1 is 0.857 bits per heavy atom. The Balaban J connectivity index is 2.19. The second-order valence-corrected chi connectivity index (χ2v) is 9.31. The molecule has 3 aromatic rings. The van der Waals surface area contributed by atoms with Gasteiger partial charge in [-0.15, -0.1) is 0 Å². The van der Waals surface area contributed by atoms with Crippen LogP contribution < -0.4 is 0 Å². The van der Waals surface area contributed by atoms with Gasteiger partial charge in [0.15, 0.2) is 9.84 Å². The normalized spacial score (nSPS) is 12.7. The van der Waals surface area contributed by atoms with Crippen molar-refractivity contribution >= 4 is 37.1 Å². The molecule has 0 fully saturated rings. The minimum atomic E-state index is -3.25. The van der Waals surface area contributed by atoms with Crippen molar-refractivity contribution in [2.24, 2.45) is 0 Å². The Labute approximate surface area is 168 Å². The number of hydrogen-bond acceptors (Lipinski definition) is 3. The van der Waals surface area contributed by atoms with Gasteiger partial charge in [-0.2, -0.15) is 0 Å². The van der Waals surface area contributed by atoms with Gasteiger partial charge in [0.2, 0.25) is 0 Å². The molecule has 1 heterocycles. The van der Waals surface area contributed by atoms with Gasteiger partial charge >= 0.3 is 0 Å². The van der Waals surface area contributed by atoms with Crippen LogP contribution in [0.2, 0.25) is 0 Å². The number of sulfone groups is 1. The molecule has 0 radical (unpaired) electrons. The average molecular weight is 396 g/mol. The van der Waals surface area contributed by atoms with Crippen LogP contribution in [0, 0.1) is 0 Å². The molecule has 0 spiro atoms. The van der Waals surface area contributed by atoms with E-state index in [0.29, 0.717) is 6.42 Å². The van der Waals surface area contributed by atoms with Gasteiger partial charge in [0.05, 0.1) is 17.0 Å². The van der Waals surface area contributed by atoms with Crippen molar-refractivity contribution < 1.29 is 8.42 Å². The molecule has 0 atom stereocenters. The van der Waals surface area contributed by atoms with Crippen LogP contribution in [0.3, 0.4) is 0 Å². The quantitative estimate of drug-likeness (QED) is 0.306. The second-order valence-electron chi connectivity index (χ2n) is 7.34. The zero-order valence-electron chi connectivity index (χ0n) is 16.8. The van der Waals surface area contributed by atoms with Gasteiger partial charge in [-0.3, -0.25) is 0 Å². The number of nitrogens with zero attached hydrogens (tertiary/aromatic N) is 1. The summed E-state index contributed by atoms with van der Waals surface area (Å²) in [4.78, 5) is 4.91. The van der Waals surface area contributed by atoms with Crippen LogP contribution in [0.15, 0.2) is 53.9 Å². The number of para-hydroxylation sites is 1. The first kappa shape index (κ1) is 20.5. The van der Waals surface area contributed by atoms with E-state index in [2.05, 4.69) is 25.1 Å². The Morgan fingerprint density at radius 3 is 2.21 bits per heavy atom. The molecule has 148 valence electrons. The van der Waals surface area contributed by atoms with Crippen molar-refractivity contribution in [1.29, 1.82) is 0 Å². The lowest BCUT2D eigenvalue weighted by atomic mass is 9.98. The summed E-state index contributed by atoms with van der Waals surface area (Å²) in [5.41, 5.74) is 2.56. The van der Waals surface area contributed by atoms with Crippen molar-refractivity contribution in [1.82, 2.24) is 4.98 Å². The summed E-state index contributed by atoms with van der Waals surface area (Å²) in [5, 5.41) is 4.75. The van der Waals surface area contributed by atoms with Crippen LogP contribution in [0.5, 0.6) is 0 Å². The van der Waals surface area contributed by atoms with Gasteiger partial charge in [0, 0.05) is 16.2 Å². The molecule has 0 amide bonds. The third-order valence-electron chi connectivity index (χ3n) is 5.07. The third kappa shape index (κ3) is 4.79. The Hall–Kier alpha value is -2.20. The molecule has 4 heteroatoms. The summed E-state index contributed by atoms with van der Waals surface area (Å²) in [6.45, 7) is 4.17. The van der Waals surface area contributed by atoms with E-state index in [0.717, 1.165) is 65.0 Å². The molecule has 0 unspecified atom stereocenters. The van der Waals surface area contributed by atoms with E-state index in [1.54, 1.807) is 0 Å². The molecule has 0 saturated heterocycles. The van der Waals surface area contributed by atoms with Gasteiger partial charge < -0.3 is 0 Å². The van der Waals surface area contributed by atoms with Crippen molar-refractivity contribution in [3.8, 4) is 0 Å². The summed E-state index contributed by atoms with van der Waals surface area (Å²) < 4.78 is 25.4. The van der Waals surface area contributed by atoms with Crippen LogP contribution in [0.1, 0.15) is 58.1 Å². The van der Waals surface area contributed by atoms with Crippen LogP contribution >= 0.6 is 0 Å². The summed E-state index contributed by atoms with van der Waals surface area (Å²) in [6, 6.07) is 16.2. The standard InChI is InChI=1S/C24H29NO2S/c1-3-5-7-12-19(18-28(26,27)17-6-4-2)24-22-15-9-8-13-20(22)21-14-10-11-16-23(21)25-24/h8-11,13-16,18H,3-7,12,17H2,1-2H3/b19-18+. The molecule has 2 aromatic carbocycles. The van der Waals surface area contributed by atoms with Gasteiger partial charge in [-0.1, -0.05) is 75.6 Å². The first-order valence-electron chi connectivity index (χ1n) is 10.3. The smallest absolute Gasteiger partial charge is 0.171 e. The lowest BCUT2D eigenvalue weighted by Gasteiger charge is -2.13. The zero-order chi connectivity index (χ0) is 20.0. The zero-order valence-corrected chi connectivity index (χ0v) is 17.6. The number of rotatable bonds is 9. The van der Waals surface area contributed by atoms with Crippen LogP contribution in [0.4, 0.5) is 0 Å².